The Hall–Kier alpha value is -3.45. The second-order valence-corrected chi connectivity index (χ2v) is 6.32. The van der Waals surface area contributed by atoms with Crippen LogP contribution in [-0.2, 0) is 23.1 Å². The highest BCUT2D eigenvalue weighted by Gasteiger charge is 2.21. The Kier molecular flexibility index (Phi) is 6.18. The summed E-state index contributed by atoms with van der Waals surface area (Å²) in [6.07, 6.45) is 2.04. The van der Waals surface area contributed by atoms with Crippen LogP contribution in [0.3, 0.4) is 0 Å². The van der Waals surface area contributed by atoms with Gasteiger partial charge in [0, 0.05) is 24.6 Å². The number of aromatic nitrogens is 1. The van der Waals surface area contributed by atoms with E-state index in [1.807, 2.05) is 36.0 Å². The number of benzene rings is 2. The number of aryl methyl sites for hydroxylation is 1. The van der Waals surface area contributed by atoms with Crippen molar-refractivity contribution in [3.05, 3.63) is 90.0 Å². The second kappa shape index (κ2) is 8.96. The third kappa shape index (κ3) is 5.05. The lowest BCUT2D eigenvalue weighted by atomic mass is 10.1. The number of anilines is 1. The first-order valence-electron chi connectivity index (χ1n) is 8.79. The average molecular weight is 380 g/mol. The highest BCUT2D eigenvalue weighted by atomic mass is 19.1. The maximum Gasteiger partial charge on any atom is 0.247 e. The lowest BCUT2D eigenvalue weighted by molar-refractivity contribution is -0.123. The normalized spacial score (nSPS) is 11.6. The molecule has 3 rings (SSSR count). The molecule has 0 aliphatic heterocycles. The number of rotatable bonds is 7. The zero-order valence-electron chi connectivity index (χ0n) is 15.4. The fourth-order valence-corrected chi connectivity index (χ4v) is 2.73. The SMILES string of the molecule is Cn1cccc1CC(=O)NN[C@H](C(=O)Nc1ccc(F)cc1)c1ccccc1. The van der Waals surface area contributed by atoms with Crippen molar-refractivity contribution in [3.8, 4) is 0 Å². The first-order chi connectivity index (χ1) is 13.5. The molecule has 0 saturated carbocycles. The van der Waals surface area contributed by atoms with Crippen molar-refractivity contribution >= 4 is 17.5 Å². The van der Waals surface area contributed by atoms with Gasteiger partial charge in [-0.2, -0.15) is 0 Å². The Bertz CT molecular complexity index is 939. The van der Waals surface area contributed by atoms with Crippen LogP contribution in [0.5, 0.6) is 0 Å². The number of hydrazine groups is 1. The van der Waals surface area contributed by atoms with Gasteiger partial charge in [-0.1, -0.05) is 30.3 Å². The number of amides is 2. The number of hydrogen-bond acceptors (Lipinski definition) is 3. The van der Waals surface area contributed by atoms with Crippen molar-refractivity contribution in [1.82, 2.24) is 15.4 Å². The standard InChI is InChI=1S/C21H21FN4O2/c1-26-13-5-8-18(26)14-19(27)24-25-20(15-6-3-2-4-7-15)21(28)23-17-11-9-16(22)10-12-17/h2-13,20,25H,14H2,1H3,(H,23,28)(H,24,27)/t20-/m0/s1. The summed E-state index contributed by atoms with van der Waals surface area (Å²) in [4.78, 5) is 25.0. The highest BCUT2D eigenvalue weighted by Crippen LogP contribution is 2.16. The van der Waals surface area contributed by atoms with E-state index in [9.17, 15) is 14.0 Å². The van der Waals surface area contributed by atoms with Crippen LogP contribution in [0.15, 0.2) is 72.9 Å². The molecule has 0 bridgehead atoms. The molecular weight excluding hydrogens is 359 g/mol. The van der Waals surface area contributed by atoms with Crippen LogP contribution in [0.4, 0.5) is 10.1 Å². The minimum atomic E-state index is -0.816. The van der Waals surface area contributed by atoms with Gasteiger partial charge in [0.25, 0.3) is 0 Å². The maximum absolute atomic E-state index is 13.1. The van der Waals surface area contributed by atoms with Gasteiger partial charge in [-0.3, -0.25) is 15.0 Å². The molecule has 2 aromatic carbocycles. The molecule has 0 spiro atoms. The number of hydrogen-bond donors (Lipinski definition) is 3. The predicted octanol–water partition coefficient (Wildman–Crippen LogP) is 2.71. The third-order valence-corrected chi connectivity index (χ3v) is 4.26. The van der Waals surface area contributed by atoms with Crippen LogP contribution in [0, 0.1) is 5.82 Å². The van der Waals surface area contributed by atoms with Crippen molar-refractivity contribution in [2.24, 2.45) is 7.05 Å². The van der Waals surface area contributed by atoms with Gasteiger partial charge in [0.1, 0.15) is 11.9 Å². The summed E-state index contributed by atoms with van der Waals surface area (Å²) in [6, 6.07) is 17.4. The minimum Gasteiger partial charge on any atom is -0.354 e. The van der Waals surface area contributed by atoms with E-state index in [2.05, 4.69) is 16.2 Å². The Morgan fingerprint density at radius 3 is 2.36 bits per heavy atom. The molecule has 1 atom stereocenters. The maximum atomic E-state index is 13.1. The van der Waals surface area contributed by atoms with E-state index in [1.54, 1.807) is 24.3 Å². The van der Waals surface area contributed by atoms with Crippen LogP contribution in [0.25, 0.3) is 0 Å². The zero-order valence-corrected chi connectivity index (χ0v) is 15.4. The molecular formula is C21H21FN4O2. The van der Waals surface area contributed by atoms with Gasteiger partial charge in [0.05, 0.1) is 6.42 Å². The summed E-state index contributed by atoms with van der Waals surface area (Å²) in [6.45, 7) is 0. The van der Waals surface area contributed by atoms with Crippen LogP contribution in [0.2, 0.25) is 0 Å². The van der Waals surface area contributed by atoms with Gasteiger partial charge in [-0.05, 0) is 42.0 Å². The molecule has 0 saturated heterocycles. The van der Waals surface area contributed by atoms with Crippen molar-refractivity contribution in [1.29, 1.82) is 0 Å². The zero-order chi connectivity index (χ0) is 19.9. The van der Waals surface area contributed by atoms with Gasteiger partial charge in [0.15, 0.2) is 0 Å². The molecule has 1 aromatic heterocycles. The highest BCUT2D eigenvalue weighted by molar-refractivity contribution is 5.95. The molecule has 6 nitrogen and oxygen atoms in total. The molecule has 28 heavy (non-hydrogen) atoms. The molecule has 3 aromatic rings. The quantitative estimate of drug-likeness (QED) is 0.552. The van der Waals surface area contributed by atoms with Gasteiger partial charge < -0.3 is 9.88 Å². The summed E-state index contributed by atoms with van der Waals surface area (Å²) in [5.74, 6) is -1.03. The Balaban J connectivity index is 1.68. The number of halogens is 1. The van der Waals surface area contributed by atoms with E-state index in [1.165, 1.54) is 24.3 Å². The van der Waals surface area contributed by atoms with E-state index >= 15 is 0 Å². The summed E-state index contributed by atoms with van der Waals surface area (Å²) in [5.41, 5.74) is 7.40. The first kappa shape index (κ1) is 19.3. The molecule has 0 radical (unpaired) electrons. The summed E-state index contributed by atoms with van der Waals surface area (Å²) < 4.78 is 14.9. The fraction of sp³-hybridized carbons (Fsp3) is 0.143. The van der Waals surface area contributed by atoms with Gasteiger partial charge in [-0.25, -0.2) is 9.82 Å². The molecule has 7 heteroatoms. The largest absolute Gasteiger partial charge is 0.354 e. The van der Waals surface area contributed by atoms with Gasteiger partial charge in [-0.15, -0.1) is 0 Å². The molecule has 1 heterocycles. The monoisotopic (exact) mass is 380 g/mol. The number of carbonyl (C=O) groups excluding carboxylic acids is 2. The van der Waals surface area contributed by atoms with E-state index < -0.39 is 6.04 Å². The van der Waals surface area contributed by atoms with Crippen molar-refractivity contribution in [3.63, 3.8) is 0 Å². The molecule has 0 aliphatic carbocycles. The molecule has 0 aliphatic rings. The third-order valence-electron chi connectivity index (χ3n) is 4.26. The van der Waals surface area contributed by atoms with Crippen LogP contribution in [-0.4, -0.2) is 16.4 Å². The van der Waals surface area contributed by atoms with Crippen molar-refractivity contribution in [2.45, 2.75) is 12.5 Å². The lowest BCUT2D eigenvalue weighted by Crippen LogP contribution is -2.45. The topological polar surface area (TPSA) is 75.2 Å². The predicted molar refractivity (Wildman–Crippen MR) is 105 cm³/mol. The van der Waals surface area contributed by atoms with E-state index in [0.29, 0.717) is 11.3 Å². The fourth-order valence-electron chi connectivity index (χ4n) is 2.73. The summed E-state index contributed by atoms with van der Waals surface area (Å²) in [5, 5.41) is 2.72. The van der Waals surface area contributed by atoms with Gasteiger partial charge >= 0.3 is 0 Å². The Morgan fingerprint density at radius 2 is 1.71 bits per heavy atom. The minimum absolute atomic E-state index is 0.178. The molecule has 2 amide bonds. The van der Waals surface area contributed by atoms with Crippen molar-refractivity contribution < 1.29 is 14.0 Å². The summed E-state index contributed by atoms with van der Waals surface area (Å²) in [7, 11) is 1.86. The molecule has 0 unspecified atom stereocenters. The average Bonchev–Trinajstić information content (AvgIpc) is 3.09. The number of carbonyl (C=O) groups is 2. The van der Waals surface area contributed by atoms with E-state index in [-0.39, 0.29) is 24.1 Å². The van der Waals surface area contributed by atoms with Crippen molar-refractivity contribution in [2.75, 3.05) is 5.32 Å². The van der Waals surface area contributed by atoms with E-state index in [4.69, 9.17) is 0 Å². The van der Waals surface area contributed by atoms with E-state index in [0.717, 1.165) is 5.69 Å². The lowest BCUT2D eigenvalue weighted by Gasteiger charge is -2.19. The first-order valence-corrected chi connectivity index (χ1v) is 8.79. The Labute approximate surface area is 162 Å². The summed E-state index contributed by atoms with van der Waals surface area (Å²) >= 11 is 0. The smallest absolute Gasteiger partial charge is 0.247 e. The van der Waals surface area contributed by atoms with Crippen LogP contribution >= 0.6 is 0 Å². The van der Waals surface area contributed by atoms with Crippen LogP contribution in [0.1, 0.15) is 17.3 Å². The van der Waals surface area contributed by atoms with Gasteiger partial charge in [0.2, 0.25) is 11.8 Å². The molecule has 0 fully saturated rings. The second-order valence-electron chi connectivity index (χ2n) is 6.32. The number of nitrogens with zero attached hydrogens (tertiary/aromatic N) is 1. The molecule has 3 N–H and O–H groups in total. The van der Waals surface area contributed by atoms with Crippen LogP contribution < -0.4 is 16.2 Å². The molecule has 144 valence electrons. The number of nitrogens with one attached hydrogen (secondary N) is 3. The Morgan fingerprint density at radius 1 is 1.00 bits per heavy atom.